The summed E-state index contributed by atoms with van der Waals surface area (Å²) in [5.74, 6) is 0.868. The van der Waals surface area contributed by atoms with Crippen molar-refractivity contribution in [1.82, 2.24) is 20.2 Å². The lowest BCUT2D eigenvalue weighted by Gasteiger charge is -2.34. The third-order valence-electron chi connectivity index (χ3n) is 3.87. The Morgan fingerprint density at radius 2 is 1.90 bits per heavy atom. The fraction of sp³-hybridized carbons (Fsp3) is 0.733. The van der Waals surface area contributed by atoms with Gasteiger partial charge in [0.15, 0.2) is 0 Å². The minimum Gasteiger partial charge on any atom is -0.338 e. The van der Waals surface area contributed by atoms with Crippen LogP contribution >= 0.6 is 0 Å². The Morgan fingerprint density at radius 1 is 1.20 bits per heavy atom. The first-order valence-corrected chi connectivity index (χ1v) is 7.77. The van der Waals surface area contributed by atoms with Crippen molar-refractivity contribution in [3.63, 3.8) is 0 Å². The molecular weight excluding hydrogens is 250 g/mol. The Kier molecular flexibility index (Phi) is 6.21. The molecule has 0 aromatic carbocycles. The highest BCUT2D eigenvalue weighted by Gasteiger charge is 2.18. The third kappa shape index (κ3) is 4.72. The first-order valence-electron chi connectivity index (χ1n) is 7.77. The van der Waals surface area contributed by atoms with E-state index < -0.39 is 0 Å². The average Bonchev–Trinajstić information content (AvgIpc) is 2.49. The topological polar surface area (TPSA) is 44.3 Å². The van der Waals surface area contributed by atoms with E-state index in [1.165, 1.54) is 19.4 Å². The van der Waals surface area contributed by atoms with Gasteiger partial charge in [0.25, 0.3) is 0 Å². The van der Waals surface area contributed by atoms with Crippen LogP contribution in [0.3, 0.4) is 0 Å². The number of nitrogens with one attached hydrogen (secondary N) is 1. The van der Waals surface area contributed by atoms with Crippen LogP contribution in [0.15, 0.2) is 18.5 Å². The predicted molar refractivity (Wildman–Crippen MR) is 83.1 cm³/mol. The molecule has 2 heterocycles. The van der Waals surface area contributed by atoms with Crippen LogP contribution in [0, 0.1) is 0 Å². The summed E-state index contributed by atoms with van der Waals surface area (Å²) >= 11 is 0. The molecule has 112 valence electrons. The van der Waals surface area contributed by atoms with Crippen molar-refractivity contribution in [2.45, 2.75) is 32.7 Å². The average molecular weight is 277 g/mol. The number of piperazine rings is 1. The van der Waals surface area contributed by atoms with Gasteiger partial charge >= 0.3 is 0 Å². The molecule has 0 saturated carbocycles. The van der Waals surface area contributed by atoms with Gasteiger partial charge in [-0.25, -0.2) is 9.97 Å². The highest BCUT2D eigenvalue weighted by Crippen LogP contribution is 2.10. The Morgan fingerprint density at radius 3 is 2.55 bits per heavy atom. The lowest BCUT2D eigenvalue weighted by molar-refractivity contribution is 0.248. The van der Waals surface area contributed by atoms with Gasteiger partial charge in [0, 0.05) is 44.6 Å². The molecule has 1 atom stereocenters. The number of aromatic nitrogens is 2. The molecular formula is C15H27N5. The molecule has 1 fully saturated rings. The van der Waals surface area contributed by atoms with E-state index in [2.05, 4.69) is 38.9 Å². The second-order valence-electron chi connectivity index (χ2n) is 5.48. The Bertz CT molecular complexity index is 362. The second-order valence-corrected chi connectivity index (χ2v) is 5.48. The summed E-state index contributed by atoms with van der Waals surface area (Å²) in [7, 11) is 0. The monoisotopic (exact) mass is 277 g/mol. The highest BCUT2D eigenvalue weighted by molar-refractivity contribution is 5.29. The maximum atomic E-state index is 4.32. The van der Waals surface area contributed by atoms with Crippen LogP contribution < -0.4 is 10.2 Å². The van der Waals surface area contributed by atoms with Gasteiger partial charge in [-0.15, -0.1) is 0 Å². The molecule has 5 nitrogen and oxygen atoms in total. The van der Waals surface area contributed by atoms with Gasteiger partial charge in [0.2, 0.25) is 5.95 Å². The summed E-state index contributed by atoms with van der Waals surface area (Å²) < 4.78 is 0. The summed E-state index contributed by atoms with van der Waals surface area (Å²) in [6.07, 6.45) is 6.17. The van der Waals surface area contributed by atoms with Gasteiger partial charge in [-0.1, -0.05) is 6.92 Å². The molecule has 0 amide bonds. The quantitative estimate of drug-likeness (QED) is 0.815. The highest BCUT2D eigenvalue weighted by atomic mass is 15.3. The fourth-order valence-electron chi connectivity index (χ4n) is 2.70. The molecule has 0 aliphatic carbocycles. The van der Waals surface area contributed by atoms with E-state index in [0.29, 0.717) is 6.04 Å². The zero-order valence-electron chi connectivity index (χ0n) is 12.8. The molecule has 20 heavy (non-hydrogen) atoms. The minimum absolute atomic E-state index is 0.638. The standard InChI is InChI=1S/C15H27N5/c1-3-16-14(2)6-4-9-19-10-12-20(13-11-19)15-17-7-5-8-18-15/h5,7-8,14,16H,3-4,6,9-13H2,1-2H3. The van der Waals surface area contributed by atoms with E-state index >= 15 is 0 Å². The Hall–Kier alpha value is -1.20. The molecule has 1 aliphatic rings. The molecule has 1 aromatic heterocycles. The Labute approximate surface area is 122 Å². The molecule has 1 unspecified atom stereocenters. The van der Waals surface area contributed by atoms with Crippen LogP contribution in [0.2, 0.25) is 0 Å². The van der Waals surface area contributed by atoms with Crippen molar-refractivity contribution in [2.75, 3.05) is 44.2 Å². The van der Waals surface area contributed by atoms with Crippen LogP contribution in [0.25, 0.3) is 0 Å². The first kappa shape index (κ1) is 15.2. The van der Waals surface area contributed by atoms with E-state index in [9.17, 15) is 0 Å². The van der Waals surface area contributed by atoms with Gasteiger partial charge in [0.1, 0.15) is 0 Å². The van der Waals surface area contributed by atoms with E-state index in [0.717, 1.165) is 38.7 Å². The van der Waals surface area contributed by atoms with Gasteiger partial charge in [-0.2, -0.15) is 0 Å². The largest absolute Gasteiger partial charge is 0.338 e. The lowest BCUT2D eigenvalue weighted by Crippen LogP contribution is -2.47. The van der Waals surface area contributed by atoms with E-state index in [4.69, 9.17) is 0 Å². The third-order valence-corrected chi connectivity index (χ3v) is 3.87. The van der Waals surface area contributed by atoms with E-state index in [1.807, 2.05) is 18.5 Å². The number of rotatable bonds is 7. The lowest BCUT2D eigenvalue weighted by atomic mass is 10.1. The SMILES string of the molecule is CCNC(C)CCCN1CCN(c2ncccn2)CC1. The zero-order chi connectivity index (χ0) is 14.2. The van der Waals surface area contributed by atoms with Crippen molar-refractivity contribution in [2.24, 2.45) is 0 Å². The number of hydrogen-bond acceptors (Lipinski definition) is 5. The van der Waals surface area contributed by atoms with Crippen LogP contribution in [0.1, 0.15) is 26.7 Å². The van der Waals surface area contributed by atoms with Crippen molar-refractivity contribution in [3.05, 3.63) is 18.5 Å². The van der Waals surface area contributed by atoms with Crippen LogP contribution in [0.5, 0.6) is 0 Å². The molecule has 2 rings (SSSR count). The first-order chi connectivity index (χ1) is 9.79. The minimum atomic E-state index is 0.638. The van der Waals surface area contributed by atoms with Gasteiger partial charge in [-0.05, 0) is 38.9 Å². The molecule has 0 spiro atoms. The van der Waals surface area contributed by atoms with Crippen LogP contribution in [-0.2, 0) is 0 Å². The zero-order valence-corrected chi connectivity index (χ0v) is 12.8. The fourth-order valence-corrected chi connectivity index (χ4v) is 2.70. The van der Waals surface area contributed by atoms with Crippen molar-refractivity contribution in [1.29, 1.82) is 0 Å². The second kappa shape index (κ2) is 8.17. The van der Waals surface area contributed by atoms with E-state index in [1.54, 1.807) is 0 Å². The molecule has 1 saturated heterocycles. The number of hydrogen-bond donors (Lipinski definition) is 1. The van der Waals surface area contributed by atoms with Gasteiger partial charge < -0.3 is 10.2 Å². The predicted octanol–water partition coefficient (Wildman–Crippen LogP) is 1.38. The maximum absolute atomic E-state index is 4.32. The van der Waals surface area contributed by atoms with Crippen LogP contribution in [-0.4, -0.2) is 60.2 Å². The Balaban J connectivity index is 1.65. The number of anilines is 1. The van der Waals surface area contributed by atoms with Crippen molar-refractivity contribution in [3.8, 4) is 0 Å². The van der Waals surface area contributed by atoms with Gasteiger partial charge in [0.05, 0.1) is 0 Å². The molecule has 0 radical (unpaired) electrons. The molecule has 5 heteroatoms. The summed E-state index contributed by atoms with van der Waals surface area (Å²) in [6, 6.07) is 2.50. The molecule has 1 aliphatic heterocycles. The molecule has 1 N–H and O–H groups in total. The summed E-state index contributed by atoms with van der Waals surface area (Å²) in [4.78, 5) is 13.5. The summed E-state index contributed by atoms with van der Waals surface area (Å²) in [6.45, 7) is 11.0. The van der Waals surface area contributed by atoms with E-state index in [-0.39, 0.29) is 0 Å². The van der Waals surface area contributed by atoms with Gasteiger partial charge in [-0.3, -0.25) is 4.90 Å². The smallest absolute Gasteiger partial charge is 0.225 e. The van der Waals surface area contributed by atoms with Crippen molar-refractivity contribution < 1.29 is 0 Å². The number of nitrogens with zero attached hydrogens (tertiary/aromatic N) is 4. The van der Waals surface area contributed by atoms with Crippen molar-refractivity contribution >= 4 is 5.95 Å². The molecule has 0 bridgehead atoms. The summed E-state index contributed by atoms with van der Waals surface area (Å²) in [5, 5.41) is 3.47. The maximum Gasteiger partial charge on any atom is 0.225 e. The van der Waals surface area contributed by atoms with Crippen LogP contribution in [0.4, 0.5) is 5.95 Å². The normalized spacial score (nSPS) is 18.2. The molecule has 1 aromatic rings. The summed E-state index contributed by atoms with van der Waals surface area (Å²) in [5.41, 5.74) is 0.